The first-order chi connectivity index (χ1) is 12.2. The lowest BCUT2D eigenvalue weighted by Gasteiger charge is -2.09. The largest absolute Gasteiger partial charge is 0.495 e. The molecule has 0 heterocycles. The van der Waals surface area contributed by atoms with Crippen molar-refractivity contribution in [2.45, 2.75) is 0 Å². The van der Waals surface area contributed by atoms with Gasteiger partial charge in [-0.25, -0.2) is 0 Å². The number of nitriles is 1. The summed E-state index contributed by atoms with van der Waals surface area (Å²) >= 11 is 0. The molecule has 0 fully saturated rings. The van der Waals surface area contributed by atoms with Crippen molar-refractivity contribution in [1.82, 2.24) is 0 Å². The third-order valence-corrected chi connectivity index (χ3v) is 3.27. The third kappa shape index (κ3) is 5.01. The van der Waals surface area contributed by atoms with Gasteiger partial charge in [0.1, 0.15) is 11.8 Å². The summed E-state index contributed by atoms with van der Waals surface area (Å²) in [5, 5.41) is 11.3. The zero-order valence-electron chi connectivity index (χ0n) is 14.0. The van der Waals surface area contributed by atoms with E-state index in [4.69, 9.17) is 19.5 Å². The second-order valence-corrected chi connectivity index (χ2v) is 4.88. The number of carbonyl (C=O) groups is 1. The van der Waals surface area contributed by atoms with Crippen molar-refractivity contribution >= 4 is 17.7 Å². The number of para-hydroxylation sites is 2. The molecule has 0 unspecified atom stereocenters. The minimum Gasteiger partial charge on any atom is -0.495 e. The number of rotatable bonds is 7. The van der Waals surface area contributed by atoms with E-state index >= 15 is 0 Å². The number of nitrogens with one attached hydrogen (secondary N) is 1. The summed E-state index contributed by atoms with van der Waals surface area (Å²) in [5.41, 5.74) is 1.36. The molecule has 0 aromatic heterocycles. The van der Waals surface area contributed by atoms with Gasteiger partial charge in [0, 0.05) is 6.08 Å². The van der Waals surface area contributed by atoms with Gasteiger partial charge in [0.25, 0.3) is 0 Å². The standard InChI is InChI=1S/C19H18N2O4/c1-23-16-6-4-3-5-15(16)21-19(22)10-8-14-7-9-17(25-12-11-20)18(13-14)24-2/h3-10,13H,12H2,1-2H3,(H,21,22)/b10-8+. The van der Waals surface area contributed by atoms with Gasteiger partial charge in [0.2, 0.25) is 5.91 Å². The number of hydrogen-bond donors (Lipinski definition) is 1. The van der Waals surface area contributed by atoms with Gasteiger partial charge < -0.3 is 19.5 Å². The van der Waals surface area contributed by atoms with Gasteiger partial charge in [-0.15, -0.1) is 0 Å². The van der Waals surface area contributed by atoms with Crippen LogP contribution in [-0.2, 0) is 4.79 Å². The smallest absolute Gasteiger partial charge is 0.248 e. The second-order valence-electron chi connectivity index (χ2n) is 4.88. The minimum absolute atomic E-state index is 0.0626. The van der Waals surface area contributed by atoms with Crippen LogP contribution in [0.3, 0.4) is 0 Å². The van der Waals surface area contributed by atoms with Gasteiger partial charge in [-0.2, -0.15) is 5.26 Å². The van der Waals surface area contributed by atoms with Crippen molar-refractivity contribution in [3.05, 3.63) is 54.1 Å². The molecule has 25 heavy (non-hydrogen) atoms. The van der Waals surface area contributed by atoms with E-state index in [2.05, 4.69) is 5.32 Å². The lowest BCUT2D eigenvalue weighted by Crippen LogP contribution is -2.08. The highest BCUT2D eigenvalue weighted by Crippen LogP contribution is 2.28. The van der Waals surface area contributed by atoms with E-state index in [0.29, 0.717) is 22.9 Å². The van der Waals surface area contributed by atoms with Crippen molar-refractivity contribution in [3.63, 3.8) is 0 Å². The Hall–Kier alpha value is -3.46. The van der Waals surface area contributed by atoms with Crippen LogP contribution < -0.4 is 19.5 Å². The van der Waals surface area contributed by atoms with E-state index in [0.717, 1.165) is 5.56 Å². The molecule has 6 heteroatoms. The Labute approximate surface area is 146 Å². The van der Waals surface area contributed by atoms with Crippen LogP contribution in [0, 0.1) is 11.3 Å². The third-order valence-electron chi connectivity index (χ3n) is 3.27. The number of amides is 1. The number of benzene rings is 2. The van der Waals surface area contributed by atoms with Gasteiger partial charge in [-0.3, -0.25) is 4.79 Å². The molecule has 0 radical (unpaired) electrons. The fraction of sp³-hybridized carbons (Fsp3) is 0.158. The molecule has 0 aliphatic carbocycles. The molecule has 1 N–H and O–H groups in total. The maximum absolute atomic E-state index is 12.1. The zero-order chi connectivity index (χ0) is 18.1. The molecule has 128 valence electrons. The molecular weight excluding hydrogens is 320 g/mol. The predicted molar refractivity (Wildman–Crippen MR) is 94.8 cm³/mol. The molecule has 0 saturated heterocycles. The van der Waals surface area contributed by atoms with Gasteiger partial charge in [-0.1, -0.05) is 18.2 Å². The van der Waals surface area contributed by atoms with E-state index in [9.17, 15) is 4.79 Å². The van der Waals surface area contributed by atoms with Gasteiger partial charge >= 0.3 is 0 Å². The molecule has 0 bridgehead atoms. The quantitative estimate of drug-likeness (QED) is 0.784. The molecule has 0 aliphatic heterocycles. The molecule has 2 aromatic rings. The van der Waals surface area contributed by atoms with Crippen molar-refractivity contribution in [3.8, 4) is 23.3 Å². The monoisotopic (exact) mass is 338 g/mol. The molecule has 2 rings (SSSR count). The first-order valence-corrected chi connectivity index (χ1v) is 7.47. The van der Waals surface area contributed by atoms with Gasteiger partial charge in [0.05, 0.1) is 19.9 Å². The fourth-order valence-corrected chi connectivity index (χ4v) is 2.11. The number of ether oxygens (including phenoxy) is 3. The van der Waals surface area contributed by atoms with Crippen LogP contribution in [0.25, 0.3) is 6.08 Å². The number of methoxy groups -OCH3 is 2. The van der Waals surface area contributed by atoms with Crippen LogP contribution in [0.4, 0.5) is 5.69 Å². The van der Waals surface area contributed by atoms with Crippen LogP contribution >= 0.6 is 0 Å². The molecule has 2 aromatic carbocycles. The normalized spacial score (nSPS) is 10.1. The number of anilines is 1. The summed E-state index contributed by atoms with van der Waals surface area (Å²) in [6, 6.07) is 14.2. The Morgan fingerprint density at radius 1 is 1.12 bits per heavy atom. The van der Waals surface area contributed by atoms with Gasteiger partial charge in [0.15, 0.2) is 18.1 Å². The topological polar surface area (TPSA) is 80.6 Å². The Morgan fingerprint density at radius 2 is 1.88 bits per heavy atom. The van der Waals surface area contributed by atoms with E-state index in [1.165, 1.54) is 13.2 Å². The highest BCUT2D eigenvalue weighted by Gasteiger charge is 2.06. The molecular formula is C19H18N2O4. The van der Waals surface area contributed by atoms with E-state index in [-0.39, 0.29) is 12.5 Å². The Kier molecular flexibility index (Phi) is 6.43. The van der Waals surface area contributed by atoms with Crippen LogP contribution in [-0.4, -0.2) is 26.7 Å². The lowest BCUT2D eigenvalue weighted by atomic mass is 10.2. The number of carbonyl (C=O) groups excluding carboxylic acids is 1. The predicted octanol–water partition coefficient (Wildman–Crippen LogP) is 3.26. The molecule has 0 spiro atoms. The van der Waals surface area contributed by atoms with E-state index in [1.54, 1.807) is 43.5 Å². The average molecular weight is 338 g/mol. The lowest BCUT2D eigenvalue weighted by molar-refractivity contribution is -0.111. The summed E-state index contributed by atoms with van der Waals surface area (Å²) in [6.45, 7) is -0.0626. The molecule has 0 saturated carbocycles. The van der Waals surface area contributed by atoms with E-state index < -0.39 is 0 Å². The summed E-state index contributed by atoms with van der Waals surface area (Å²) in [5.74, 6) is 1.26. The second kappa shape index (κ2) is 8.99. The fourth-order valence-electron chi connectivity index (χ4n) is 2.11. The number of hydrogen-bond acceptors (Lipinski definition) is 5. The summed E-state index contributed by atoms with van der Waals surface area (Å²) in [7, 11) is 3.06. The van der Waals surface area contributed by atoms with Crippen LogP contribution in [0.1, 0.15) is 5.56 Å². The zero-order valence-corrected chi connectivity index (χ0v) is 14.0. The van der Waals surface area contributed by atoms with Crippen molar-refractivity contribution < 1.29 is 19.0 Å². The first-order valence-electron chi connectivity index (χ1n) is 7.47. The van der Waals surface area contributed by atoms with Crippen LogP contribution in [0.15, 0.2) is 48.5 Å². The Balaban J connectivity index is 2.08. The maximum atomic E-state index is 12.1. The van der Waals surface area contributed by atoms with Crippen molar-refractivity contribution in [2.24, 2.45) is 0 Å². The first kappa shape index (κ1) is 17.9. The summed E-state index contributed by atoms with van der Waals surface area (Å²) in [4.78, 5) is 12.1. The average Bonchev–Trinajstić information content (AvgIpc) is 2.65. The van der Waals surface area contributed by atoms with E-state index in [1.807, 2.05) is 18.2 Å². The molecule has 6 nitrogen and oxygen atoms in total. The molecule has 1 amide bonds. The SMILES string of the molecule is COc1ccccc1NC(=O)/C=C/c1ccc(OCC#N)c(OC)c1. The van der Waals surface area contributed by atoms with Crippen LogP contribution in [0.2, 0.25) is 0 Å². The summed E-state index contributed by atoms with van der Waals surface area (Å²) < 4.78 is 15.7. The van der Waals surface area contributed by atoms with Crippen molar-refractivity contribution in [2.75, 3.05) is 26.1 Å². The highest BCUT2D eigenvalue weighted by atomic mass is 16.5. The maximum Gasteiger partial charge on any atom is 0.248 e. The molecule has 0 atom stereocenters. The van der Waals surface area contributed by atoms with Crippen molar-refractivity contribution in [1.29, 1.82) is 5.26 Å². The highest BCUT2D eigenvalue weighted by molar-refractivity contribution is 6.02. The van der Waals surface area contributed by atoms with Crippen LogP contribution in [0.5, 0.6) is 17.2 Å². The Morgan fingerprint density at radius 3 is 2.60 bits per heavy atom. The summed E-state index contributed by atoms with van der Waals surface area (Å²) in [6.07, 6.45) is 3.07. The number of nitrogens with zero attached hydrogens (tertiary/aromatic N) is 1. The Bertz CT molecular complexity index is 809. The molecule has 0 aliphatic rings. The van der Waals surface area contributed by atoms with Gasteiger partial charge in [-0.05, 0) is 35.9 Å². The minimum atomic E-state index is -0.284.